The first-order valence-corrected chi connectivity index (χ1v) is 17.2. The molecule has 0 N–H and O–H groups in total. The van der Waals surface area contributed by atoms with Gasteiger partial charge >= 0.3 is 15.4 Å². The fraction of sp³-hybridized carbons (Fsp3) is 0.424. The Morgan fingerprint density at radius 3 is 1.33 bits per heavy atom. The standard InChI is InChI=1S/C18H15S.C10H16.C5H7F3O5S/c1-4-10-16(11-5-1)19(17-12-6-2-7-13-17)18-14-8-3-9-15-18;1-7-2-9-4-8(1)5-10(3-7)6-9;1-2-3(6)5(7,8)14(11,12)13-4(9)10/h1-15H;7-10H,1-6H2;3H,2H2,1H3,(H,9,10)/q+1;;/p-1. The predicted octanol–water partition coefficient (Wildman–Crippen LogP) is 7.63. The van der Waals surface area contributed by atoms with E-state index in [1.54, 1.807) is 38.5 Å². The zero-order valence-corrected chi connectivity index (χ0v) is 25.6. The van der Waals surface area contributed by atoms with Crippen LogP contribution in [0.25, 0.3) is 0 Å². The molecular weight excluding hydrogens is 597 g/mol. The van der Waals surface area contributed by atoms with Gasteiger partial charge in [0.05, 0.1) is 10.9 Å². The van der Waals surface area contributed by atoms with Gasteiger partial charge in [-0.25, -0.2) is 4.39 Å². The molecule has 4 bridgehead atoms. The number of rotatable bonds is 7. The van der Waals surface area contributed by atoms with Crippen molar-refractivity contribution in [2.75, 3.05) is 0 Å². The van der Waals surface area contributed by atoms with E-state index in [1.807, 2.05) is 0 Å². The molecular formula is C33H37F3O5S2. The zero-order valence-electron chi connectivity index (χ0n) is 24.0. The van der Waals surface area contributed by atoms with Crippen LogP contribution in [0.2, 0.25) is 0 Å². The minimum atomic E-state index is -5.84. The van der Waals surface area contributed by atoms with Gasteiger partial charge in [-0.05, 0) is 105 Å². The lowest BCUT2D eigenvalue weighted by Gasteiger charge is -2.49. The van der Waals surface area contributed by atoms with Gasteiger partial charge < -0.3 is 14.1 Å². The van der Waals surface area contributed by atoms with Crippen LogP contribution >= 0.6 is 0 Å². The first-order chi connectivity index (χ1) is 20.5. The van der Waals surface area contributed by atoms with Gasteiger partial charge in [0.15, 0.2) is 20.9 Å². The molecule has 0 heterocycles. The third kappa shape index (κ3) is 8.56. The van der Waals surface area contributed by atoms with Crippen LogP contribution < -0.4 is 5.11 Å². The van der Waals surface area contributed by atoms with Gasteiger partial charge in [0.25, 0.3) is 6.16 Å². The second-order valence-corrected chi connectivity index (χ2v) is 15.0. The largest absolute Gasteiger partial charge is 0.433 e. The van der Waals surface area contributed by atoms with E-state index in [1.165, 1.54) is 38.4 Å². The molecule has 5 nitrogen and oxygen atoms in total. The van der Waals surface area contributed by atoms with Gasteiger partial charge in [-0.2, -0.15) is 17.2 Å². The van der Waals surface area contributed by atoms with Crippen LogP contribution in [-0.2, 0) is 25.2 Å². The normalized spacial score (nSPS) is 22.9. The van der Waals surface area contributed by atoms with E-state index in [0.29, 0.717) is 0 Å². The second kappa shape index (κ2) is 14.7. The Morgan fingerprint density at radius 2 is 1.07 bits per heavy atom. The Bertz CT molecular complexity index is 1260. The topological polar surface area (TPSA) is 83.5 Å². The zero-order chi connectivity index (χ0) is 31.0. The number of halogens is 3. The Kier molecular flexibility index (Phi) is 11.2. The number of carboxylic acid groups (broad SMARTS) is 1. The fourth-order valence-electron chi connectivity index (χ4n) is 6.60. The number of carbonyl (C=O) groups excluding carboxylic acids is 1. The van der Waals surface area contributed by atoms with Crippen molar-refractivity contribution in [3.8, 4) is 0 Å². The van der Waals surface area contributed by atoms with Crippen molar-refractivity contribution in [1.82, 2.24) is 0 Å². The smallest absolute Gasteiger partial charge is 0.395 e. The van der Waals surface area contributed by atoms with Crippen molar-refractivity contribution < 1.29 is 35.7 Å². The maximum absolute atomic E-state index is 12.6. The van der Waals surface area contributed by atoms with Gasteiger partial charge in [-0.15, -0.1) is 0 Å². The molecule has 3 aromatic rings. The molecule has 10 heteroatoms. The van der Waals surface area contributed by atoms with Crippen molar-refractivity contribution in [2.24, 2.45) is 23.7 Å². The lowest BCUT2D eigenvalue weighted by molar-refractivity contribution is -0.271. The van der Waals surface area contributed by atoms with Crippen LogP contribution in [0.4, 0.5) is 18.0 Å². The molecule has 0 spiro atoms. The molecule has 7 rings (SSSR count). The molecule has 0 amide bonds. The van der Waals surface area contributed by atoms with Crippen molar-refractivity contribution in [3.05, 3.63) is 91.0 Å². The van der Waals surface area contributed by atoms with E-state index >= 15 is 0 Å². The predicted molar refractivity (Wildman–Crippen MR) is 159 cm³/mol. The van der Waals surface area contributed by atoms with E-state index in [-0.39, 0.29) is 10.9 Å². The van der Waals surface area contributed by atoms with Crippen molar-refractivity contribution >= 4 is 27.2 Å². The minimum absolute atomic E-state index is 0.0146. The summed E-state index contributed by atoms with van der Waals surface area (Å²) in [6.07, 6.45) is 3.10. The summed E-state index contributed by atoms with van der Waals surface area (Å²) in [4.78, 5) is 13.7. The van der Waals surface area contributed by atoms with E-state index in [4.69, 9.17) is 0 Å². The molecule has 0 radical (unpaired) electrons. The molecule has 1 unspecified atom stereocenters. The molecule has 4 fully saturated rings. The molecule has 3 aromatic carbocycles. The van der Waals surface area contributed by atoms with Crippen LogP contribution in [0.3, 0.4) is 0 Å². The fourth-order valence-corrected chi connectivity index (χ4v) is 9.48. The quantitative estimate of drug-likeness (QED) is 0.197. The molecule has 4 aliphatic carbocycles. The molecule has 0 aliphatic heterocycles. The summed E-state index contributed by atoms with van der Waals surface area (Å²) in [6.45, 7) is 0.965. The number of carbonyl (C=O) groups is 1. The second-order valence-electron chi connectivity index (χ2n) is 11.3. The summed E-state index contributed by atoms with van der Waals surface area (Å²) in [6, 6.07) is 32.2. The van der Waals surface area contributed by atoms with E-state index in [9.17, 15) is 31.5 Å². The molecule has 1 atom stereocenters. The Labute approximate surface area is 255 Å². The van der Waals surface area contributed by atoms with E-state index < -0.39 is 34.1 Å². The van der Waals surface area contributed by atoms with Gasteiger partial charge in [0.2, 0.25) is 0 Å². The van der Waals surface area contributed by atoms with Crippen LogP contribution in [-0.4, -0.2) is 26.0 Å². The van der Waals surface area contributed by atoms with Gasteiger partial charge in [-0.1, -0.05) is 61.5 Å². The molecule has 43 heavy (non-hydrogen) atoms. The summed E-state index contributed by atoms with van der Waals surface area (Å²) < 4.78 is 61.3. The Morgan fingerprint density at radius 1 is 0.767 bits per heavy atom. The average molecular weight is 635 g/mol. The van der Waals surface area contributed by atoms with E-state index in [2.05, 4.69) is 95.2 Å². The summed E-state index contributed by atoms with van der Waals surface area (Å²) in [7, 11) is -5.86. The third-order valence-corrected chi connectivity index (χ3v) is 11.7. The summed E-state index contributed by atoms with van der Waals surface area (Å²) in [5.41, 5.74) is 0. The summed E-state index contributed by atoms with van der Waals surface area (Å²) in [5, 5.41) is 4.70. The first-order valence-electron chi connectivity index (χ1n) is 14.6. The van der Waals surface area contributed by atoms with Gasteiger partial charge in [0, 0.05) is 0 Å². The molecule has 0 aromatic heterocycles. The Hall–Kier alpha value is -2.98. The van der Waals surface area contributed by atoms with Crippen molar-refractivity contribution in [1.29, 1.82) is 0 Å². The first kappa shape index (κ1) is 32.9. The SMILES string of the molecule is C1C2CC3CC1CC(C2)C3.CCC(F)C(F)(F)S(=O)(=O)OC(=O)[O-].c1ccc([S+](c2ccccc2)c2ccccc2)cc1. The highest BCUT2D eigenvalue weighted by Crippen LogP contribution is 2.53. The maximum Gasteiger partial charge on any atom is 0.395 e. The number of hydrogen-bond acceptors (Lipinski definition) is 5. The number of alkyl halides is 3. The lowest BCUT2D eigenvalue weighted by atomic mass is 9.56. The number of hydrogen-bond donors (Lipinski definition) is 0. The lowest BCUT2D eigenvalue weighted by Crippen LogP contribution is -2.42. The summed E-state index contributed by atoms with van der Waals surface area (Å²) in [5.74, 6) is 4.71. The van der Waals surface area contributed by atoms with Gasteiger partial charge in [0.1, 0.15) is 0 Å². The minimum Gasteiger partial charge on any atom is -0.433 e. The number of benzene rings is 3. The molecule has 232 valence electrons. The highest BCUT2D eigenvalue weighted by molar-refractivity contribution is 7.97. The third-order valence-electron chi connectivity index (χ3n) is 8.17. The van der Waals surface area contributed by atoms with Crippen LogP contribution in [0.5, 0.6) is 0 Å². The Balaban J connectivity index is 0.000000155. The van der Waals surface area contributed by atoms with Gasteiger partial charge in [-0.3, -0.25) is 0 Å². The molecule has 0 saturated heterocycles. The van der Waals surface area contributed by atoms with Crippen LogP contribution in [0.15, 0.2) is 106 Å². The summed E-state index contributed by atoms with van der Waals surface area (Å²) >= 11 is 0. The highest BCUT2D eigenvalue weighted by atomic mass is 32.2. The molecule has 4 saturated carbocycles. The monoisotopic (exact) mass is 634 g/mol. The van der Waals surface area contributed by atoms with Crippen molar-refractivity contribution in [2.45, 2.75) is 78.0 Å². The average Bonchev–Trinajstić information content (AvgIpc) is 2.98. The molecule has 4 aliphatic rings. The highest BCUT2D eigenvalue weighted by Gasteiger charge is 2.52. The van der Waals surface area contributed by atoms with Crippen LogP contribution in [0.1, 0.15) is 51.9 Å². The van der Waals surface area contributed by atoms with Crippen molar-refractivity contribution in [3.63, 3.8) is 0 Å². The van der Waals surface area contributed by atoms with Crippen LogP contribution in [0, 0.1) is 23.7 Å². The van der Waals surface area contributed by atoms with E-state index in [0.717, 1.165) is 6.92 Å². The maximum atomic E-state index is 12.6.